The van der Waals surface area contributed by atoms with Gasteiger partial charge in [-0.3, -0.25) is 0 Å². The molecule has 0 radical (unpaired) electrons. The summed E-state index contributed by atoms with van der Waals surface area (Å²) in [4.78, 5) is 0. The fourth-order valence-corrected chi connectivity index (χ4v) is 3.77. The van der Waals surface area contributed by atoms with E-state index in [1.165, 1.54) is 18.4 Å². The molecule has 1 aromatic rings. The summed E-state index contributed by atoms with van der Waals surface area (Å²) in [6.07, 6.45) is 5.82. The maximum absolute atomic E-state index is 6.04. The van der Waals surface area contributed by atoms with Gasteiger partial charge < -0.3 is 14.8 Å². The number of ether oxygens (including phenoxy) is 2. The maximum Gasteiger partial charge on any atom is 0.119 e. The molecular weight excluding hydrogens is 262 g/mol. The molecule has 118 valence electrons. The Labute approximate surface area is 129 Å². The third-order valence-electron chi connectivity index (χ3n) is 4.95. The summed E-state index contributed by atoms with van der Waals surface area (Å²) in [5, 5.41) is 3.50. The summed E-state index contributed by atoms with van der Waals surface area (Å²) in [6, 6.07) is 8.68. The third-order valence-corrected chi connectivity index (χ3v) is 4.95. The van der Waals surface area contributed by atoms with Crippen molar-refractivity contribution in [2.75, 3.05) is 21.3 Å². The van der Waals surface area contributed by atoms with Gasteiger partial charge in [0.2, 0.25) is 0 Å². The molecule has 3 heteroatoms. The minimum atomic E-state index is -0.0461. The second kappa shape index (κ2) is 7.28. The first-order chi connectivity index (χ1) is 10.1. The van der Waals surface area contributed by atoms with Crippen LogP contribution in [0.1, 0.15) is 38.2 Å². The van der Waals surface area contributed by atoms with Gasteiger partial charge in [-0.05, 0) is 49.9 Å². The summed E-state index contributed by atoms with van der Waals surface area (Å²) in [5.74, 6) is 1.66. The summed E-state index contributed by atoms with van der Waals surface area (Å²) in [7, 11) is 5.63. The van der Waals surface area contributed by atoms with Gasteiger partial charge in [0.15, 0.2) is 0 Å². The first-order valence-corrected chi connectivity index (χ1v) is 7.99. The van der Waals surface area contributed by atoms with Crippen molar-refractivity contribution >= 4 is 0 Å². The molecule has 1 aliphatic carbocycles. The van der Waals surface area contributed by atoms with Crippen molar-refractivity contribution in [3.8, 4) is 5.75 Å². The Hall–Kier alpha value is -1.06. The van der Waals surface area contributed by atoms with E-state index in [1.54, 1.807) is 7.11 Å². The molecule has 0 aromatic heterocycles. The van der Waals surface area contributed by atoms with Crippen LogP contribution in [0.5, 0.6) is 5.75 Å². The Kier molecular flexibility index (Phi) is 5.65. The molecule has 1 saturated carbocycles. The van der Waals surface area contributed by atoms with Crippen molar-refractivity contribution < 1.29 is 9.47 Å². The smallest absolute Gasteiger partial charge is 0.119 e. The fourth-order valence-electron chi connectivity index (χ4n) is 3.77. The van der Waals surface area contributed by atoms with Crippen LogP contribution in [0.25, 0.3) is 0 Å². The average Bonchev–Trinajstić information content (AvgIpc) is 2.52. The van der Waals surface area contributed by atoms with Crippen LogP contribution in [0.2, 0.25) is 0 Å². The highest BCUT2D eigenvalue weighted by molar-refractivity contribution is 5.29. The minimum Gasteiger partial charge on any atom is -0.497 e. The molecule has 21 heavy (non-hydrogen) atoms. The number of rotatable bonds is 6. The lowest BCUT2D eigenvalue weighted by molar-refractivity contribution is -0.0775. The molecule has 1 N–H and O–H groups in total. The monoisotopic (exact) mass is 291 g/mol. The van der Waals surface area contributed by atoms with Crippen LogP contribution >= 0.6 is 0 Å². The number of hydrogen-bond donors (Lipinski definition) is 1. The van der Waals surface area contributed by atoms with Crippen molar-refractivity contribution in [3.63, 3.8) is 0 Å². The van der Waals surface area contributed by atoms with Crippen molar-refractivity contribution in [1.82, 2.24) is 5.32 Å². The summed E-state index contributed by atoms with van der Waals surface area (Å²) >= 11 is 0. The molecule has 0 heterocycles. The molecule has 0 aliphatic heterocycles. The highest BCUT2D eigenvalue weighted by atomic mass is 16.5. The van der Waals surface area contributed by atoms with Crippen LogP contribution in [0.3, 0.4) is 0 Å². The van der Waals surface area contributed by atoms with Gasteiger partial charge in [0, 0.05) is 13.2 Å². The van der Waals surface area contributed by atoms with E-state index in [0.29, 0.717) is 6.04 Å². The predicted molar refractivity (Wildman–Crippen MR) is 86.9 cm³/mol. The van der Waals surface area contributed by atoms with Crippen LogP contribution in [0.4, 0.5) is 0 Å². The molecular formula is C18H29NO2. The molecule has 2 rings (SSSR count). The maximum atomic E-state index is 6.04. The molecule has 0 amide bonds. The number of likely N-dealkylation sites (N-methyl/N-ethyl adjacent to an activating group) is 1. The lowest BCUT2D eigenvalue weighted by Crippen LogP contribution is -2.54. The van der Waals surface area contributed by atoms with Crippen LogP contribution < -0.4 is 10.1 Å². The first kappa shape index (κ1) is 16.3. The number of methoxy groups -OCH3 is 2. The minimum absolute atomic E-state index is 0.0461. The lowest BCUT2D eigenvalue weighted by atomic mass is 9.73. The summed E-state index contributed by atoms with van der Waals surface area (Å²) in [5.41, 5.74) is 1.25. The molecule has 1 fully saturated rings. The second-order valence-corrected chi connectivity index (χ2v) is 6.37. The number of hydrogen-bond acceptors (Lipinski definition) is 3. The van der Waals surface area contributed by atoms with E-state index in [-0.39, 0.29) is 5.60 Å². The Morgan fingerprint density at radius 2 is 2.19 bits per heavy atom. The van der Waals surface area contributed by atoms with E-state index in [1.807, 2.05) is 20.2 Å². The quantitative estimate of drug-likeness (QED) is 0.871. The Bertz CT molecular complexity index is 449. The van der Waals surface area contributed by atoms with Gasteiger partial charge in [0.1, 0.15) is 5.75 Å². The van der Waals surface area contributed by atoms with Gasteiger partial charge in [-0.15, -0.1) is 0 Å². The average molecular weight is 291 g/mol. The molecule has 3 atom stereocenters. The highest BCUT2D eigenvalue weighted by Crippen LogP contribution is 2.38. The predicted octanol–water partition coefficient (Wildman–Crippen LogP) is 3.42. The van der Waals surface area contributed by atoms with Gasteiger partial charge >= 0.3 is 0 Å². The molecule has 0 saturated heterocycles. The van der Waals surface area contributed by atoms with E-state index in [2.05, 4.69) is 30.4 Å². The van der Waals surface area contributed by atoms with E-state index in [0.717, 1.165) is 30.9 Å². The van der Waals surface area contributed by atoms with Crippen LogP contribution in [0.15, 0.2) is 24.3 Å². The molecule has 1 aliphatic rings. The first-order valence-electron chi connectivity index (χ1n) is 7.99. The number of nitrogens with one attached hydrogen (secondary N) is 1. The normalized spacial score (nSPS) is 27.3. The van der Waals surface area contributed by atoms with Crippen LogP contribution in [-0.2, 0) is 11.2 Å². The van der Waals surface area contributed by atoms with E-state index in [4.69, 9.17) is 9.47 Å². The van der Waals surface area contributed by atoms with Crippen LogP contribution in [0, 0.1) is 5.92 Å². The van der Waals surface area contributed by atoms with E-state index >= 15 is 0 Å². The van der Waals surface area contributed by atoms with Gasteiger partial charge in [-0.1, -0.05) is 31.9 Å². The van der Waals surface area contributed by atoms with Crippen molar-refractivity contribution in [2.24, 2.45) is 5.92 Å². The molecule has 3 unspecified atom stereocenters. The Morgan fingerprint density at radius 3 is 2.81 bits per heavy atom. The second-order valence-electron chi connectivity index (χ2n) is 6.37. The van der Waals surface area contributed by atoms with E-state index < -0.39 is 0 Å². The summed E-state index contributed by atoms with van der Waals surface area (Å²) < 4.78 is 11.4. The van der Waals surface area contributed by atoms with Crippen molar-refractivity contribution in [2.45, 2.75) is 50.7 Å². The van der Waals surface area contributed by atoms with Gasteiger partial charge in [0.05, 0.1) is 12.7 Å². The number of benzene rings is 1. The molecule has 0 bridgehead atoms. The molecule has 1 aromatic carbocycles. The van der Waals surface area contributed by atoms with Gasteiger partial charge in [0.25, 0.3) is 0 Å². The zero-order chi connectivity index (χ0) is 15.3. The lowest BCUT2D eigenvalue weighted by Gasteiger charge is -2.44. The fraction of sp³-hybridized carbons (Fsp3) is 0.667. The Balaban J connectivity index is 2.17. The largest absolute Gasteiger partial charge is 0.497 e. The van der Waals surface area contributed by atoms with Crippen LogP contribution in [-0.4, -0.2) is 32.9 Å². The standard InChI is InChI=1S/C18H29NO2/c1-14-7-6-10-18(13-14,21-4)17(19-2)12-15-8-5-9-16(11-15)20-3/h5,8-9,11,14,17,19H,6-7,10,12-13H2,1-4H3. The zero-order valence-corrected chi connectivity index (χ0v) is 13.8. The van der Waals surface area contributed by atoms with Gasteiger partial charge in [-0.25, -0.2) is 0 Å². The topological polar surface area (TPSA) is 30.5 Å². The summed E-state index contributed by atoms with van der Waals surface area (Å²) in [6.45, 7) is 2.34. The molecule has 3 nitrogen and oxygen atoms in total. The Morgan fingerprint density at radius 1 is 1.38 bits per heavy atom. The third kappa shape index (κ3) is 3.78. The highest BCUT2D eigenvalue weighted by Gasteiger charge is 2.41. The zero-order valence-electron chi connectivity index (χ0n) is 13.8. The van der Waals surface area contributed by atoms with Crippen molar-refractivity contribution in [3.05, 3.63) is 29.8 Å². The SMILES string of the molecule is CNC(Cc1cccc(OC)c1)C1(OC)CCCC(C)C1. The molecule has 0 spiro atoms. The van der Waals surface area contributed by atoms with E-state index in [9.17, 15) is 0 Å². The van der Waals surface area contributed by atoms with Crippen molar-refractivity contribution in [1.29, 1.82) is 0 Å². The van der Waals surface area contributed by atoms with Gasteiger partial charge in [-0.2, -0.15) is 0 Å².